The van der Waals surface area contributed by atoms with E-state index in [-0.39, 0.29) is 17.6 Å². The smallest absolute Gasteiger partial charge is 0.319 e. The minimum atomic E-state index is -0.320. The van der Waals surface area contributed by atoms with E-state index in [1.165, 1.54) is 6.20 Å². The van der Waals surface area contributed by atoms with Crippen LogP contribution in [0.3, 0.4) is 0 Å². The van der Waals surface area contributed by atoms with E-state index in [4.69, 9.17) is 16.3 Å². The van der Waals surface area contributed by atoms with Gasteiger partial charge in [-0.2, -0.15) is 0 Å². The molecule has 0 radical (unpaired) electrons. The zero-order valence-corrected chi connectivity index (χ0v) is 17.3. The fraction of sp³-hybridized carbons (Fsp3) is 0.136. The van der Waals surface area contributed by atoms with Gasteiger partial charge in [0.1, 0.15) is 17.2 Å². The Morgan fingerprint density at radius 3 is 2.53 bits per heavy atom. The topological polar surface area (TPSA) is 92.4 Å². The first kappa shape index (κ1) is 21.1. The van der Waals surface area contributed by atoms with Crippen molar-refractivity contribution in [2.45, 2.75) is 13.5 Å². The molecule has 0 fully saturated rings. The van der Waals surface area contributed by atoms with E-state index in [1.807, 2.05) is 25.1 Å². The molecular weight excluding hydrogens is 404 g/mol. The van der Waals surface area contributed by atoms with Crippen LogP contribution in [0.2, 0.25) is 5.02 Å². The fourth-order valence-corrected chi connectivity index (χ4v) is 2.79. The van der Waals surface area contributed by atoms with E-state index in [2.05, 4.69) is 20.9 Å². The van der Waals surface area contributed by atoms with Crippen molar-refractivity contribution in [3.8, 4) is 11.5 Å². The summed E-state index contributed by atoms with van der Waals surface area (Å²) in [4.78, 5) is 27.8. The lowest BCUT2D eigenvalue weighted by atomic mass is 10.2. The number of nitrogens with zero attached hydrogens (tertiary/aromatic N) is 1. The number of aryl methyl sites for hydroxylation is 1. The van der Waals surface area contributed by atoms with Crippen LogP contribution >= 0.6 is 11.6 Å². The zero-order chi connectivity index (χ0) is 21.5. The largest absolute Gasteiger partial charge is 0.457 e. The van der Waals surface area contributed by atoms with Crippen LogP contribution in [0.25, 0.3) is 0 Å². The second-order valence-electron chi connectivity index (χ2n) is 6.47. The number of rotatable bonds is 6. The maximum absolute atomic E-state index is 12.1. The fourth-order valence-electron chi connectivity index (χ4n) is 2.62. The Hall–Kier alpha value is -3.58. The van der Waals surface area contributed by atoms with Gasteiger partial charge >= 0.3 is 6.03 Å². The Labute approximate surface area is 179 Å². The lowest BCUT2D eigenvalue weighted by molar-refractivity contribution is 0.0958. The molecule has 1 heterocycles. The van der Waals surface area contributed by atoms with Crippen molar-refractivity contribution >= 4 is 29.2 Å². The molecule has 1 aromatic heterocycles. The lowest BCUT2D eigenvalue weighted by Crippen LogP contribution is -2.28. The van der Waals surface area contributed by atoms with Crippen molar-refractivity contribution < 1.29 is 14.3 Å². The number of hydrogen-bond donors (Lipinski definition) is 3. The minimum Gasteiger partial charge on any atom is -0.457 e. The monoisotopic (exact) mass is 424 g/mol. The van der Waals surface area contributed by atoms with Gasteiger partial charge in [0.2, 0.25) is 0 Å². The van der Waals surface area contributed by atoms with E-state index in [0.717, 1.165) is 11.1 Å². The number of pyridine rings is 1. The van der Waals surface area contributed by atoms with Crippen LogP contribution < -0.4 is 20.7 Å². The molecule has 154 valence electrons. The Bertz CT molecular complexity index is 1050. The van der Waals surface area contributed by atoms with Gasteiger partial charge in [-0.25, -0.2) is 4.79 Å². The van der Waals surface area contributed by atoms with Crippen molar-refractivity contribution in [3.05, 3.63) is 82.6 Å². The van der Waals surface area contributed by atoms with Crippen LogP contribution in [0.4, 0.5) is 10.5 Å². The Morgan fingerprint density at radius 2 is 1.80 bits per heavy atom. The Balaban J connectivity index is 1.55. The SMILES string of the molecule is CNC(=O)c1cc(Oc2ccc(CNC(=O)Nc3cc(Cl)ccc3C)cc2)ccn1. The molecule has 0 aliphatic carbocycles. The number of nitrogens with one attached hydrogen (secondary N) is 3. The quantitative estimate of drug-likeness (QED) is 0.542. The van der Waals surface area contributed by atoms with Crippen LogP contribution in [-0.2, 0) is 6.54 Å². The maximum Gasteiger partial charge on any atom is 0.319 e. The van der Waals surface area contributed by atoms with Gasteiger partial charge in [-0.3, -0.25) is 9.78 Å². The van der Waals surface area contributed by atoms with E-state index >= 15 is 0 Å². The third kappa shape index (κ3) is 5.71. The highest BCUT2D eigenvalue weighted by molar-refractivity contribution is 6.31. The standard InChI is InChI=1S/C22H21ClN4O3/c1-14-3-6-16(23)11-19(14)27-22(29)26-13-15-4-7-17(8-5-15)30-18-9-10-25-20(12-18)21(28)24-2/h3-12H,13H2,1-2H3,(H,24,28)(H2,26,27,29). The summed E-state index contributed by atoms with van der Waals surface area (Å²) in [5.41, 5.74) is 2.77. The average Bonchev–Trinajstić information content (AvgIpc) is 2.75. The summed E-state index contributed by atoms with van der Waals surface area (Å²) in [5.74, 6) is 0.825. The molecule has 0 bridgehead atoms. The summed E-state index contributed by atoms with van der Waals surface area (Å²) in [6.07, 6.45) is 1.51. The molecule has 0 unspecified atom stereocenters. The van der Waals surface area contributed by atoms with Crippen molar-refractivity contribution in [1.82, 2.24) is 15.6 Å². The van der Waals surface area contributed by atoms with Crippen LogP contribution in [-0.4, -0.2) is 24.0 Å². The number of halogens is 1. The summed E-state index contributed by atoms with van der Waals surface area (Å²) in [6.45, 7) is 2.24. The van der Waals surface area contributed by atoms with Gasteiger partial charge in [0.15, 0.2) is 0 Å². The number of aromatic nitrogens is 1. The number of benzene rings is 2. The minimum absolute atomic E-state index is 0.275. The summed E-state index contributed by atoms with van der Waals surface area (Å²) in [5, 5.41) is 8.67. The van der Waals surface area contributed by atoms with Gasteiger partial charge < -0.3 is 20.7 Å². The van der Waals surface area contributed by atoms with Gasteiger partial charge in [0.05, 0.1) is 0 Å². The third-order valence-corrected chi connectivity index (χ3v) is 4.49. The highest BCUT2D eigenvalue weighted by Gasteiger charge is 2.08. The number of anilines is 1. The Kier molecular flexibility index (Phi) is 6.87. The van der Waals surface area contributed by atoms with E-state index in [9.17, 15) is 9.59 Å². The molecule has 3 amide bonds. The molecule has 0 aliphatic rings. The molecule has 0 saturated carbocycles. The normalized spacial score (nSPS) is 10.2. The number of hydrogen-bond acceptors (Lipinski definition) is 4. The highest BCUT2D eigenvalue weighted by atomic mass is 35.5. The number of urea groups is 1. The second-order valence-corrected chi connectivity index (χ2v) is 6.91. The van der Waals surface area contributed by atoms with E-state index < -0.39 is 0 Å². The molecule has 0 aliphatic heterocycles. The molecule has 0 saturated heterocycles. The molecule has 7 nitrogen and oxygen atoms in total. The predicted octanol–water partition coefficient (Wildman–Crippen LogP) is 4.52. The van der Waals surface area contributed by atoms with E-state index in [1.54, 1.807) is 43.4 Å². The highest BCUT2D eigenvalue weighted by Crippen LogP contribution is 2.22. The predicted molar refractivity (Wildman–Crippen MR) is 116 cm³/mol. The van der Waals surface area contributed by atoms with Gasteiger partial charge in [-0.05, 0) is 48.4 Å². The van der Waals surface area contributed by atoms with Crippen molar-refractivity contribution in [3.63, 3.8) is 0 Å². The summed E-state index contributed by atoms with van der Waals surface area (Å²) >= 11 is 5.97. The first-order valence-corrected chi connectivity index (χ1v) is 9.58. The van der Waals surface area contributed by atoms with Crippen molar-refractivity contribution in [2.24, 2.45) is 0 Å². The van der Waals surface area contributed by atoms with Gasteiger partial charge in [0, 0.05) is 36.6 Å². The average molecular weight is 425 g/mol. The molecule has 2 aromatic carbocycles. The Morgan fingerprint density at radius 1 is 1.03 bits per heavy atom. The molecule has 3 rings (SSSR count). The van der Waals surface area contributed by atoms with Crippen LogP contribution in [0, 0.1) is 6.92 Å². The van der Waals surface area contributed by atoms with E-state index in [0.29, 0.717) is 28.8 Å². The summed E-state index contributed by atoms with van der Waals surface area (Å²) in [7, 11) is 1.54. The van der Waals surface area contributed by atoms with Crippen molar-refractivity contribution in [2.75, 3.05) is 12.4 Å². The van der Waals surface area contributed by atoms with Gasteiger partial charge in [0.25, 0.3) is 5.91 Å². The second kappa shape index (κ2) is 9.76. The first-order valence-electron chi connectivity index (χ1n) is 9.20. The van der Waals surface area contributed by atoms with Gasteiger partial charge in [-0.15, -0.1) is 0 Å². The van der Waals surface area contributed by atoms with Gasteiger partial charge in [-0.1, -0.05) is 29.8 Å². The summed E-state index contributed by atoms with van der Waals surface area (Å²) in [6, 6.07) is 15.5. The lowest BCUT2D eigenvalue weighted by Gasteiger charge is -2.11. The number of carbonyl (C=O) groups excluding carboxylic acids is 2. The zero-order valence-electron chi connectivity index (χ0n) is 16.5. The molecule has 30 heavy (non-hydrogen) atoms. The van der Waals surface area contributed by atoms with Crippen LogP contribution in [0.5, 0.6) is 11.5 Å². The van der Waals surface area contributed by atoms with Crippen LogP contribution in [0.15, 0.2) is 60.8 Å². The van der Waals surface area contributed by atoms with Crippen LogP contribution in [0.1, 0.15) is 21.6 Å². The molecule has 0 spiro atoms. The third-order valence-electron chi connectivity index (χ3n) is 4.25. The number of carbonyl (C=O) groups is 2. The molecule has 0 atom stereocenters. The summed E-state index contributed by atoms with van der Waals surface area (Å²) < 4.78 is 5.77. The van der Waals surface area contributed by atoms with Crippen molar-refractivity contribution in [1.29, 1.82) is 0 Å². The maximum atomic E-state index is 12.1. The number of ether oxygens (including phenoxy) is 1. The molecule has 3 N–H and O–H groups in total. The molecular formula is C22H21ClN4O3. The first-order chi connectivity index (χ1) is 14.4. The number of amides is 3. The molecule has 8 heteroatoms. The molecule has 3 aromatic rings.